The van der Waals surface area contributed by atoms with Crippen LogP contribution in [0.25, 0.3) is 0 Å². The van der Waals surface area contributed by atoms with Crippen LogP contribution in [0.15, 0.2) is 36.4 Å². The first-order valence-corrected chi connectivity index (χ1v) is 11.4. The van der Waals surface area contributed by atoms with Gasteiger partial charge in [0.25, 0.3) is 0 Å². The standard InChI is InChI=1S/C25H33N3O3/c1-19-16-22(20(2)28(19)17-21-8-4-3-5-9-21)24(29)18-27-11-7-6-10-23(27)25(30)26-12-14-31-15-13-26/h3-5,8-9,16,23H,6-7,10-15,17-18H2,1-2H3. The molecule has 0 spiro atoms. The lowest BCUT2D eigenvalue weighted by Gasteiger charge is -2.38. The van der Waals surface area contributed by atoms with E-state index in [0.29, 0.717) is 32.8 Å². The summed E-state index contributed by atoms with van der Waals surface area (Å²) in [5.74, 6) is 0.263. The number of rotatable bonds is 6. The molecule has 1 amide bonds. The molecule has 0 radical (unpaired) electrons. The Kier molecular flexibility index (Phi) is 6.88. The number of carbonyl (C=O) groups is 2. The maximum Gasteiger partial charge on any atom is 0.240 e. The fourth-order valence-corrected chi connectivity index (χ4v) is 4.82. The molecule has 3 heterocycles. The van der Waals surface area contributed by atoms with Crippen LogP contribution in [0.4, 0.5) is 0 Å². The quantitative estimate of drug-likeness (QED) is 0.670. The Hall–Kier alpha value is -2.44. The molecule has 31 heavy (non-hydrogen) atoms. The van der Waals surface area contributed by atoms with E-state index in [2.05, 4.69) is 28.5 Å². The third-order valence-corrected chi connectivity index (χ3v) is 6.63. The van der Waals surface area contributed by atoms with E-state index in [0.717, 1.165) is 49.3 Å². The van der Waals surface area contributed by atoms with Gasteiger partial charge in [-0.05, 0) is 44.9 Å². The van der Waals surface area contributed by atoms with Crippen LogP contribution < -0.4 is 0 Å². The van der Waals surface area contributed by atoms with Gasteiger partial charge in [0.1, 0.15) is 0 Å². The minimum atomic E-state index is -0.191. The van der Waals surface area contributed by atoms with E-state index in [1.165, 1.54) is 5.56 Å². The number of hydrogen-bond donors (Lipinski definition) is 0. The number of ketones is 1. The maximum atomic E-state index is 13.3. The zero-order valence-corrected chi connectivity index (χ0v) is 18.7. The topological polar surface area (TPSA) is 54.8 Å². The summed E-state index contributed by atoms with van der Waals surface area (Å²) in [5.41, 5.74) is 4.08. The van der Waals surface area contributed by atoms with Crippen molar-refractivity contribution in [1.82, 2.24) is 14.4 Å². The number of carbonyl (C=O) groups excluding carboxylic acids is 2. The molecule has 6 nitrogen and oxygen atoms in total. The summed E-state index contributed by atoms with van der Waals surface area (Å²) in [4.78, 5) is 30.4. The predicted octanol–water partition coefficient (Wildman–Crippen LogP) is 3.05. The molecule has 2 saturated heterocycles. The third kappa shape index (κ3) is 4.91. The summed E-state index contributed by atoms with van der Waals surface area (Å²) in [6, 6.07) is 12.1. The lowest BCUT2D eigenvalue weighted by atomic mass is 9.99. The van der Waals surface area contributed by atoms with Gasteiger partial charge in [-0.3, -0.25) is 14.5 Å². The summed E-state index contributed by atoms with van der Waals surface area (Å²) < 4.78 is 7.60. The van der Waals surface area contributed by atoms with Gasteiger partial charge in [0.05, 0.1) is 25.8 Å². The molecule has 1 aromatic heterocycles. The summed E-state index contributed by atoms with van der Waals surface area (Å²) >= 11 is 0. The molecule has 0 N–H and O–H groups in total. The molecule has 2 fully saturated rings. The summed E-state index contributed by atoms with van der Waals surface area (Å²) in [6.07, 6.45) is 2.90. The zero-order chi connectivity index (χ0) is 21.8. The van der Waals surface area contributed by atoms with Gasteiger partial charge >= 0.3 is 0 Å². The largest absolute Gasteiger partial charge is 0.378 e. The fraction of sp³-hybridized carbons (Fsp3) is 0.520. The molecule has 6 heteroatoms. The van der Waals surface area contributed by atoms with Crippen molar-refractivity contribution in [2.75, 3.05) is 39.4 Å². The summed E-state index contributed by atoms with van der Waals surface area (Å²) in [7, 11) is 0. The van der Waals surface area contributed by atoms with Crippen LogP contribution >= 0.6 is 0 Å². The maximum absolute atomic E-state index is 13.3. The molecule has 166 valence electrons. The van der Waals surface area contributed by atoms with Crippen molar-refractivity contribution in [2.45, 2.75) is 45.7 Å². The van der Waals surface area contributed by atoms with Gasteiger partial charge in [-0.2, -0.15) is 0 Å². The smallest absolute Gasteiger partial charge is 0.240 e. The molecular weight excluding hydrogens is 390 g/mol. The predicted molar refractivity (Wildman–Crippen MR) is 120 cm³/mol. The minimum Gasteiger partial charge on any atom is -0.378 e. The Labute approximate surface area is 184 Å². The molecule has 0 bridgehead atoms. The molecule has 1 atom stereocenters. The number of morpholine rings is 1. The lowest BCUT2D eigenvalue weighted by Crippen LogP contribution is -2.54. The number of amides is 1. The first-order chi connectivity index (χ1) is 15.0. The monoisotopic (exact) mass is 423 g/mol. The Bertz CT molecular complexity index is 916. The molecule has 1 aromatic carbocycles. The first kappa shape index (κ1) is 21.8. The van der Waals surface area contributed by atoms with Crippen LogP contribution in [0.1, 0.15) is 46.6 Å². The second-order valence-electron chi connectivity index (χ2n) is 8.70. The number of ether oxygens (including phenoxy) is 1. The van der Waals surface area contributed by atoms with Gasteiger partial charge in [-0.25, -0.2) is 0 Å². The average molecular weight is 424 g/mol. The Morgan fingerprint density at radius 3 is 2.52 bits per heavy atom. The number of hydrogen-bond acceptors (Lipinski definition) is 4. The highest BCUT2D eigenvalue weighted by atomic mass is 16.5. The number of aromatic nitrogens is 1. The number of piperidine rings is 1. The van der Waals surface area contributed by atoms with Crippen LogP contribution in [0.3, 0.4) is 0 Å². The van der Waals surface area contributed by atoms with Crippen molar-refractivity contribution in [1.29, 1.82) is 0 Å². The van der Waals surface area contributed by atoms with E-state index in [1.54, 1.807) is 0 Å². The van der Waals surface area contributed by atoms with E-state index < -0.39 is 0 Å². The fourth-order valence-electron chi connectivity index (χ4n) is 4.82. The van der Waals surface area contributed by atoms with E-state index in [4.69, 9.17) is 4.74 Å². The highest BCUT2D eigenvalue weighted by Gasteiger charge is 2.34. The Balaban J connectivity index is 1.47. The lowest BCUT2D eigenvalue weighted by molar-refractivity contribution is -0.142. The van der Waals surface area contributed by atoms with Crippen molar-refractivity contribution in [3.8, 4) is 0 Å². The van der Waals surface area contributed by atoms with Gasteiger partial charge in [-0.15, -0.1) is 0 Å². The number of likely N-dealkylation sites (tertiary alicyclic amines) is 1. The van der Waals surface area contributed by atoms with E-state index in [9.17, 15) is 9.59 Å². The van der Waals surface area contributed by atoms with E-state index in [1.807, 2.05) is 36.1 Å². The third-order valence-electron chi connectivity index (χ3n) is 6.63. The Morgan fingerprint density at radius 1 is 1.03 bits per heavy atom. The number of Topliss-reactive ketones (excluding diaryl/α,β-unsaturated/α-hetero) is 1. The van der Waals surface area contributed by atoms with Gasteiger partial charge < -0.3 is 14.2 Å². The summed E-state index contributed by atoms with van der Waals surface area (Å²) in [5, 5.41) is 0. The van der Waals surface area contributed by atoms with Crippen LogP contribution in [-0.2, 0) is 16.1 Å². The SMILES string of the molecule is Cc1cc(C(=O)CN2CCCCC2C(=O)N2CCOCC2)c(C)n1Cc1ccccc1. The minimum absolute atomic E-state index is 0.106. The van der Waals surface area contributed by atoms with Gasteiger partial charge in [0, 0.05) is 36.6 Å². The molecule has 0 aliphatic carbocycles. The second kappa shape index (κ2) is 9.79. The molecule has 2 aromatic rings. The highest BCUT2D eigenvalue weighted by molar-refractivity contribution is 5.99. The average Bonchev–Trinajstić information content (AvgIpc) is 3.09. The van der Waals surface area contributed by atoms with Crippen molar-refractivity contribution in [2.24, 2.45) is 0 Å². The summed E-state index contributed by atoms with van der Waals surface area (Å²) in [6.45, 7) is 8.44. The van der Waals surface area contributed by atoms with Gasteiger partial charge in [0.2, 0.25) is 5.91 Å². The number of aryl methyl sites for hydroxylation is 1. The van der Waals surface area contributed by atoms with Crippen molar-refractivity contribution in [3.05, 3.63) is 58.9 Å². The van der Waals surface area contributed by atoms with Crippen molar-refractivity contribution < 1.29 is 14.3 Å². The van der Waals surface area contributed by atoms with Gasteiger partial charge in [-0.1, -0.05) is 36.8 Å². The molecular formula is C25H33N3O3. The van der Waals surface area contributed by atoms with E-state index >= 15 is 0 Å². The van der Waals surface area contributed by atoms with Crippen LogP contribution in [0, 0.1) is 13.8 Å². The second-order valence-corrected chi connectivity index (χ2v) is 8.70. The number of nitrogens with zero attached hydrogens (tertiary/aromatic N) is 3. The first-order valence-electron chi connectivity index (χ1n) is 11.4. The molecule has 4 rings (SSSR count). The van der Waals surface area contributed by atoms with Crippen LogP contribution in [-0.4, -0.2) is 71.5 Å². The van der Waals surface area contributed by atoms with Crippen LogP contribution in [0.5, 0.6) is 0 Å². The molecule has 0 saturated carbocycles. The molecule has 1 unspecified atom stereocenters. The van der Waals surface area contributed by atoms with Gasteiger partial charge in [0.15, 0.2) is 5.78 Å². The van der Waals surface area contributed by atoms with Crippen molar-refractivity contribution in [3.63, 3.8) is 0 Å². The Morgan fingerprint density at radius 2 is 1.77 bits per heavy atom. The van der Waals surface area contributed by atoms with Crippen LogP contribution in [0.2, 0.25) is 0 Å². The highest BCUT2D eigenvalue weighted by Crippen LogP contribution is 2.22. The molecule has 2 aliphatic heterocycles. The zero-order valence-electron chi connectivity index (χ0n) is 18.7. The van der Waals surface area contributed by atoms with E-state index in [-0.39, 0.29) is 17.7 Å². The normalized spacial score (nSPS) is 20.1. The molecule has 2 aliphatic rings. The number of benzene rings is 1. The van der Waals surface area contributed by atoms with Crippen molar-refractivity contribution >= 4 is 11.7 Å².